The van der Waals surface area contributed by atoms with Crippen molar-refractivity contribution in [2.45, 2.75) is 18.9 Å². The third-order valence-corrected chi connectivity index (χ3v) is 3.43. The fourth-order valence-corrected chi connectivity index (χ4v) is 2.10. The Morgan fingerprint density at radius 2 is 1.62 bits per heavy atom. The second kappa shape index (κ2) is 8.63. The Bertz CT molecular complexity index is 267. The van der Waals surface area contributed by atoms with Gasteiger partial charge in [-0.1, -0.05) is 0 Å². The molecule has 0 aliphatic heterocycles. The first-order valence-electron chi connectivity index (χ1n) is 4.52. The van der Waals surface area contributed by atoms with Crippen molar-refractivity contribution in [3.8, 4) is 0 Å². The topological polar surface area (TPSA) is 130 Å². The van der Waals surface area contributed by atoms with Crippen LogP contribution in [-0.4, -0.2) is 55.0 Å². The predicted molar refractivity (Wildman–Crippen MR) is 53.9 cm³/mol. The molecule has 0 aliphatic rings. The van der Waals surface area contributed by atoms with Gasteiger partial charge < -0.3 is 24.3 Å². The van der Waals surface area contributed by atoms with Crippen molar-refractivity contribution in [1.29, 1.82) is 0 Å². The maximum atomic E-state index is 10.2. The third-order valence-electron chi connectivity index (χ3n) is 1.61. The van der Waals surface area contributed by atoms with Crippen molar-refractivity contribution >= 4 is 18.9 Å². The van der Waals surface area contributed by atoms with E-state index >= 15 is 0 Å². The van der Waals surface area contributed by atoms with E-state index in [2.05, 4.69) is 5.32 Å². The minimum Gasteiger partial charge on any atom is -0.748 e. The van der Waals surface area contributed by atoms with Crippen molar-refractivity contribution in [3.63, 3.8) is 0 Å². The number of rotatable bonds is 8. The summed E-state index contributed by atoms with van der Waals surface area (Å²) in [6.45, 7) is 0.813. The smallest absolute Gasteiger partial charge is 0.748 e. The summed E-state index contributed by atoms with van der Waals surface area (Å²) < 4.78 is 30.5. The zero-order valence-electron chi connectivity index (χ0n) is 9.22. The van der Waals surface area contributed by atoms with Crippen LogP contribution in [0.25, 0.3) is 0 Å². The van der Waals surface area contributed by atoms with Crippen LogP contribution in [-0.2, 0) is 10.1 Å². The molecule has 0 aliphatic carbocycles. The van der Waals surface area contributed by atoms with Gasteiger partial charge in [-0.3, -0.25) is 0 Å². The molecule has 0 saturated heterocycles. The first-order valence-corrected chi connectivity index (χ1v) is 8.15. The van der Waals surface area contributed by atoms with Gasteiger partial charge in [0.15, 0.2) is 0 Å². The number of nitrogens with one attached hydrogen (secondary N) is 1. The molecule has 0 saturated carbocycles. The molecule has 0 spiro atoms. The van der Waals surface area contributed by atoms with E-state index in [0.717, 1.165) is 0 Å². The van der Waals surface area contributed by atoms with Gasteiger partial charge in [0.1, 0.15) is 0 Å². The molecule has 0 fully saturated rings. The van der Waals surface area contributed by atoms with E-state index < -0.39 is 24.7 Å². The standard InChI is InChI=1S/C6H17NO6SSi.Li/c8-14(9,10)5-1-3-7-4-2-6-15(11,12)13;/h7,11-13H,1-6H2,(H,8,9,10);/q;+1/p-1. The molecular weight excluding hydrogens is 249 g/mol. The number of hydrogen-bond acceptors (Lipinski definition) is 7. The molecule has 4 N–H and O–H groups in total. The van der Waals surface area contributed by atoms with Gasteiger partial charge in [0.05, 0.1) is 10.1 Å². The molecule has 0 radical (unpaired) electrons. The van der Waals surface area contributed by atoms with Crippen molar-refractivity contribution in [3.05, 3.63) is 0 Å². The Morgan fingerprint density at radius 1 is 1.12 bits per heavy atom. The molecule has 0 unspecified atom stereocenters. The van der Waals surface area contributed by atoms with E-state index in [0.29, 0.717) is 19.5 Å². The summed E-state index contributed by atoms with van der Waals surface area (Å²) in [4.78, 5) is 25.9. The van der Waals surface area contributed by atoms with Crippen LogP contribution in [0.5, 0.6) is 0 Å². The Labute approximate surface area is 108 Å². The van der Waals surface area contributed by atoms with Crippen LogP contribution in [0.3, 0.4) is 0 Å². The van der Waals surface area contributed by atoms with Crippen LogP contribution in [0.2, 0.25) is 6.04 Å². The van der Waals surface area contributed by atoms with E-state index in [1.165, 1.54) is 0 Å². The SMILES string of the molecule is O=S(=O)([O-])CCCNCCC[Si](O)(O)O.[Li+]. The van der Waals surface area contributed by atoms with Crippen LogP contribution in [0, 0.1) is 0 Å². The van der Waals surface area contributed by atoms with Gasteiger partial charge in [-0.15, -0.1) is 0 Å². The molecule has 10 heteroatoms. The monoisotopic (exact) mass is 265 g/mol. The minimum atomic E-state index is -4.14. The summed E-state index contributed by atoms with van der Waals surface area (Å²) in [7, 11) is -8.08. The molecule has 0 heterocycles. The van der Waals surface area contributed by atoms with Gasteiger partial charge in [0.25, 0.3) is 0 Å². The van der Waals surface area contributed by atoms with Crippen molar-refractivity contribution in [2.24, 2.45) is 0 Å². The summed E-state index contributed by atoms with van der Waals surface area (Å²) in [5, 5.41) is 2.82. The molecule has 0 amide bonds. The maximum Gasteiger partial charge on any atom is 1.00 e. The van der Waals surface area contributed by atoms with E-state index in [1.54, 1.807) is 0 Å². The Kier molecular flexibility index (Phi) is 10.2. The van der Waals surface area contributed by atoms with Gasteiger partial charge in [-0.2, -0.15) is 0 Å². The molecule has 0 bridgehead atoms. The predicted octanol–water partition coefficient (Wildman–Crippen LogP) is -5.18. The molecule has 0 aromatic heterocycles. The number of hydrogen-bond donors (Lipinski definition) is 4. The molecule has 92 valence electrons. The average Bonchev–Trinajstić information content (AvgIpc) is 1.98. The van der Waals surface area contributed by atoms with E-state index in [9.17, 15) is 13.0 Å². The first-order chi connectivity index (χ1) is 6.71. The van der Waals surface area contributed by atoms with Crippen LogP contribution in [0.4, 0.5) is 0 Å². The maximum absolute atomic E-state index is 10.2. The van der Waals surface area contributed by atoms with Crippen molar-refractivity contribution in [1.82, 2.24) is 5.32 Å². The summed E-state index contributed by atoms with van der Waals surface area (Å²) in [5.41, 5.74) is 0. The van der Waals surface area contributed by atoms with Crippen LogP contribution >= 0.6 is 0 Å². The second-order valence-electron chi connectivity index (χ2n) is 3.24. The van der Waals surface area contributed by atoms with E-state index in [1.807, 2.05) is 0 Å². The molecule has 16 heavy (non-hydrogen) atoms. The molecule has 7 nitrogen and oxygen atoms in total. The minimum absolute atomic E-state index is 0. The van der Waals surface area contributed by atoms with Gasteiger partial charge in [0, 0.05) is 11.8 Å². The van der Waals surface area contributed by atoms with Gasteiger partial charge in [-0.25, -0.2) is 8.42 Å². The van der Waals surface area contributed by atoms with Crippen LogP contribution < -0.4 is 24.2 Å². The summed E-state index contributed by atoms with van der Waals surface area (Å²) >= 11 is 0. The van der Waals surface area contributed by atoms with Crippen LogP contribution in [0.15, 0.2) is 0 Å². The molecule has 0 aromatic carbocycles. The fraction of sp³-hybridized carbons (Fsp3) is 1.00. The Morgan fingerprint density at radius 3 is 2.06 bits per heavy atom. The van der Waals surface area contributed by atoms with Gasteiger partial charge in [0.2, 0.25) is 0 Å². The second-order valence-corrected chi connectivity index (χ2v) is 6.82. The van der Waals surface area contributed by atoms with Crippen molar-refractivity contribution < 1.29 is 46.2 Å². The van der Waals surface area contributed by atoms with Crippen molar-refractivity contribution in [2.75, 3.05) is 18.8 Å². The normalized spacial score (nSPS) is 12.2. The Balaban J connectivity index is 0. The summed E-state index contributed by atoms with van der Waals surface area (Å²) in [6.07, 6.45) is 0.617. The fourth-order valence-electron chi connectivity index (χ4n) is 0.950. The van der Waals surface area contributed by atoms with E-state index in [-0.39, 0.29) is 31.3 Å². The average molecular weight is 265 g/mol. The van der Waals surface area contributed by atoms with Gasteiger partial charge in [-0.05, 0) is 25.9 Å². The molecule has 0 aromatic rings. The summed E-state index contributed by atoms with van der Waals surface area (Å²) in [5.74, 6) is -0.404. The molecule has 0 rings (SSSR count). The quantitative estimate of drug-likeness (QED) is 0.196. The largest absolute Gasteiger partial charge is 1.00 e. The zero-order valence-corrected chi connectivity index (χ0v) is 11.0. The molecule has 0 atom stereocenters. The zero-order chi connectivity index (χ0) is 11.9. The van der Waals surface area contributed by atoms with E-state index in [4.69, 9.17) is 14.4 Å². The first kappa shape index (κ1) is 18.9. The van der Waals surface area contributed by atoms with Gasteiger partial charge >= 0.3 is 27.7 Å². The third kappa shape index (κ3) is 17.0. The van der Waals surface area contributed by atoms with Crippen LogP contribution in [0.1, 0.15) is 12.8 Å². The Hall–Kier alpha value is 0.564. The summed E-state index contributed by atoms with van der Waals surface area (Å²) in [6, 6.07) is -0.0557. The molecular formula is C6H16LiNO6SSi.